The predicted molar refractivity (Wildman–Crippen MR) is 99.2 cm³/mol. The van der Waals surface area contributed by atoms with Gasteiger partial charge in [-0.15, -0.1) is 0 Å². The first kappa shape index (κ1) is 18.6. The number of aryl methyl sites for hydroxylation is 1. The van der Waals surface area contributed by atoms with Crippen LogP contribution in [0.15, 0.2) is 48.5 Å². The van der Waals surface area contributed by atoms with Gasteiger partial charge in [-0.05, 0) is 50.1 Å². The predicted octanol–water partition coefficient (Wildman–Crippen LogP) is 3.83. The highest BCUT2D eigenvalue weighted by Gasteiger charge is 2.09. The summed E-state index contributed by atoms with van der Waals surface area (Å²) in [5.74, 6) is 1.65. The molecule has 134 valence electrons. The lowest BCUT2D eigenvalue weighted by molar-refractivity contribution is 0.236. The topological polar surface area (TPSA) is 59.6 Å². The van der Waals surface area contributed by atoms with Gasteiger partial charge in [0.1, 0.15) is 11.5 Å². The number of benzene rings is 2. The molecule has 2 N–H and O–H groups in total. The summed E-state index contributed by atoms with van der Waals surface area (Å²) in [6.07, 6.45) is 0.748. The summed E-state index contributed by atoms with van der Waals surface area (Å²) < 4.78 is 10.8. The number of methoxy groups -OCH3 is 1. The molecule has 0 saturated carbocycles. The molecule has 1 unspecified atom stereocenters. The lowest BCUT2D eigenvalue weighted by Gasteiger charge is -2.15. The molecule has 0 aliphatic heterocycles. The van der Waals surface area contributed by atoms with Gasteiger partial charge in [0.2, 0.25) is 0 Å². The number of amides is 2. The summed E-state index contributed by atoms with van der Waals surface area (Å²) >= 11 is 0. The van der Waals surface area contributed by atoms with Crippen molar-refractivity contribution in [2.24, 2.45) is 0 Å². The minimum Gasteiger partial charge on any atom is -0.497 e. The average molecular weight is 342 g/mol. The van der Waals surface area contributed by atoms with Crippen LogP contribution < -0.4 is 20.1 Å². The molecule has 2 amide bonds. The first-order valence-corrected chi connectivity index (χ1v) is 8.46. The molecule has 1 atom stereocenters. The Morgan fingerprint density at radius 2 is 1.68 bits per heavy atom. The minimum absolute atomic E-state index is 0.0743. The van der Waals surface area contributed by atoms with E-state index in [1.54, 1.807) is 7.11 Å². The van der Waals surface area contributed by atoms with Crippen LogP contribution in [0.3, 0.4) is 0 Å². The van der Waals surface area contributed by atoms with Crippen molar-refractivity contribution in [3.05, 3.63) is 59.7 Å². The average Bonchev–Trinajstić information content (AvgIpc) is 2.63. The van der Waals surface area contributed by atoms with E-state index < -0.39 is 0 Å². The molecule has 2 aromatic rings. The van der Waals surface area contributed by atoms with E-state index in [4.69, 9.17) is 9.47 Å². The van der Waals surface area contributed by atoms with Gasteiger partial charge in [0.05, 0.1) is 19.8 Å². The van der Waals surface area contributed by atoms with Gasteiger partial charge in [-0.2, -0.15) is 0 Å². The maximum Gasteiger partial charge on any atom is 0.315 e. The molecule has 0 bridgehead atoms. The molecular formula is C20H26N2O3. The number of hydrogen-bond acceptors (Lipinski definition) is 3. The van der Waals surface area contributed by atoms with Gasteiger partial charge < -0.3 is 20.1 Å². The molecule has 5 heteroatoms. The SMILES string of the molecule is COc1ccc(C(C)NC(=O)NCCCOc2ccc(C)cc2)cc1. The van der Waals surface area contributed by atoms with Gasteiger partial charge >= 0.3 is 6.03 Å². The number of carbonyl (C=O) groups excluding carboxylic acids is 1. The standard InChI is InChI=1S/C20H26N2O3/c1-15-5-9-19(10-6-15)25-14-4-13-21-20(23)22-16(2)17-7-11-18(24-3)12-8-17/h5-12,16H,4,13-14H2,1-3H3,(H2,21,22,23). The van der Waals surface area contributed by atoms with E-state index >= 15 is 0 Å². The smallest absolute Gasteiger partial charge is 0.315 e. The zero-order valence-corrected chi connectivity index (χ0v) is 15.0. The third-order valence-electron chi connectivity index (χ3n) is 3.86. The van der Waals surface area contributed by atoms with Gasteiger partial charge in [0, 0.05) is 6.54 Å². The second kappa shape index (κ2) is 9.57. The number of carbonyl (C=O) groups is 1. The summed E-state index contributed by atoms with van der Waals surface area (Å²) in [5.41, 5.74) is 2.23. The van der Waals surface area contributed by atoms with E-state index in [0.29, 0.717) is 13.2 Å². The Morgan fingerprint density at radius 1 is 1.04 bits per heavy atom. The van der Waals surface area contributed by atoms with Crippen molar-refractivity contribution >= 4 is 6.03 Å². The van der Waals surface area contributed by atoms with Crippen molar-refractivity contribution in [3.63, 3.8) is 0 Å². The molecule has 0 heterocycles. The van der Waals surface area contributed by atoms with E-state index in [1.807, 2.05) is 62.4 Å². The minimum atomic E-state index is -0.182. The van der Waals surface area contributed by atoms with E-state index in [2.05, 4.69) is 10.6 Å². The zero-order valence-electron chi connectivity index (χ0n) is 15.0. The maximum absolute atomic E-state index is 11.9. The van der Waals surface area contributed by atoms with Gasteiger partial charge in [-0.1, -0.05) is 29.8 Å². The van der Waals surface area contributed by atoms with Crippen LogP contribution in [0.4, 0.5) is 4.79 Å². The van der Waals surface area contributed by atoms with E-state index in [1.165, 1.54) is 5.56 Å². The van der Waals surface area contributed by atoms with Gasteiger partial charge in [-0.3, -0.25) is 0 Å². The van der Waals surface area contributed by atoms with Crippen molar-refractivity contribution in [3.8, 4) is 11.5 Å². The fraction of sp³-hybridized carbons (Fsp3) is 0.350. The van der Waals surface area contributed by atoms with Crippen LogP contribution in [0.5, 0.6) is 11.5 Å². The van der Waals surface area contributed by atoms with Crippen LogP contribution >= 0.6 is 0 Å². The Bertz CT molecular complexity index is 654. The van der Waals surface area contributed by atoms with E-state index in [9.17, 15) is 4.79 Å². The third-order valence-corrected chi connectivity index (χ3v) is 3.86. The first-order chi connectivity index (χ1) is 12.1. The summed E-state index contributed by atoms with van der Waals surface area (Å²) in [7, 11) is 1.63. The Labute approximate surface area is 149 Å². The second-order valence-corrected chi connectivity index (χ2v) is 5.91. The summed E-state index contributed by atoms with van der Waals surface area (Å²) in [5, 5.41) is 5.76. The molecule has 0 aromatic heterocycles. The second-order valence-electron chi connectivity index (χ2n) is 5.91. The van der Waals surface area contributed by atoms with Crippen LogP contribution in [0.2, 0.25) is 0 Å². The molecule has 0 saturated heterocycles. The lowest BCUT2D eigenvalue weighted by atomic mass is 10.1. The quantitative estimate of drug-likeness (QED) is 0.717. The fourth-order valence-corrected chi connectivity index (χ4v) is 2.32. The molecule has 0 radical (unpaired) electrons. The highest BCUT2D eigenvalue weighted by Crippen LogP contribution is 2.17. The van der Waals surface area contributed by atoms with Crippen LogP contribution in [-0.4, -0.2) is 26.3 Å². The van der Waals surface area contributed by atoms with Crippen LogP contribution in [0.25, 0.3) is 0 Å². The molecule has 0 spiro atoms. The summed E-state index contributed by atoms with van der Waals surface area (Å²) in [4.78, 5) is 11.9. The molecule has 0 aliphatic carbocycles. The number of nitrogens with one attached hydrogen (secondary N) is 2. The van der Waals surface area contributed by atoms with Crippen LogP contribution in [0.1, 0.15) is 30.5 Å². The normalized spacial score (nSPS) is 11.5. The van der Waals surface area contributed by atoms with Crippen LogP contribution in [0, 0.1) is 6.92 Å². The molecule has 2 aromatic carbocycles. The number of hydrogen-bond donors (Lipinski definition) is 2. The fourth-order valence-electron chi connectivity index (χ4n) is 2.32. The van der Waals surface area contributed by atoms with Crippen molar-refractivity contribution in [2.45, 2.75) is 26.3 Å². The summed E-state index contributed by atoms with van der Waals surface area (Å²) in [6.45, 7) is 5.12. The highest BCUT2D eigenvalue weighted by molar-refractivity contribution is 5.74. The Balaban J connectivity index is 1.63. The third kappa shape index (κ3) is 6.37. The monoisotopic (exact) mass is 342 g/mol. The number of rotatable bonds is 8. The van der Waals surface area contributed by atoms with Gasteiger partial charge in [-0.25, -0.2) is 4.79 Å². The highest BCUT2D eigenvalue weighted by atomic mass is 16.5. The molecular weight excluding hydrogens is 316 g/mol. The Kier molecular flexibility index (Phi) is 7.14. The maximum atomic E-state index is 11.9. The molecule has 2 rings (SSSR count). The molecule has 0 aliphatic rings. The van der Waals surface area contributed by atoms with Gasteiger partial charge in [0.25, 0.3) is 0 Å². The Morgan fingerprint density at radius 3 is 2.32 bits per heavy atom. The van der Waals surface area contributed by atoms with Crippen molar-refractivity contribution in [1.82, 2.24) is 10.6 Å². The molecule has 0 fully saturated rings. The summed E-state index contributed by atoms with van der Waals surface area (Å²) in [6, 6.07) is 15.3. The van der Waals surface area contributed by atoms with E-state index in [-0.39, 0.29) is 12.1 Å². The van der Waals surface area contributed by atoms with Crippen molar-refractivity contribution in [1.29, 1.82) is 0 Å². The zero-order chi connectivity index (χ0) is 18.1. The molecule has 25 heavy (non-hydrogen) atoms. The Hall–Kier alpha value is -2.69. The lowest BCUT2D eigenvalue weighted by Crippen LogP contribution is -2.37. The number of ether oxygens (including phenoxy) is 2. The largest absolute Gasteiger partial charge is 0.497 e. The van der Waals surface area contributed by atoms with Crippen molar-refractivity contribution < 1.29 is 14.3 Å². The van der Waals surface area contributed by atoms with Gasteiger partial charge in [0.15, 0.2) is 0 Å². The van der Waals surface area contributed by atoms with E-state index in [0.717, 1.165) is 23.5 Å². The van der Waals surface area contributed by atoms with Crippen molar-refractivity contribution in [2.75, 3.05) is 20.3 Å². The number of urea groups is 1. The molecule has 5 nitrogen and oxygen atoms in total. The first-order valence-electron chi connectivity index (χ1n) is 8.46. The van der Waals surface area contributed by atoms with Crippen LogP contribution in [-0.2, 0) is 0 Å².